The number of nitrogens with zero attached hydrogens (tertiary/aromatic N) is 4. The van der Waals surface area contributed by atoms with Crippen molar-refractivity contribution in [2.24, 2.45) is 7.05 Å². The second-order valence-corrected chi connectivity index (χ2v) is 4.48. The molecule has 0 aliphatic carbocycles. The lowest BCUT2D eigenvalue weighted by Crippen LogP contribution is -2.27. The molecule has 2 rings (SSSR count). The number of nitrogens with one attached hydrogen (secondary N) is 1. The molecule has 0 spiro atoms. The summed E-state index contributed by atoms with van der Waals surface area (Å²) in [5, 5.41) is 11.5. The normalized spacial score (nSPS) is 10.6. The maximum atomic E-state index is 11.7. The summed E-state index contributed by atoms with van der Waals surface area (Å²) in [7, 11) is 1.85. The number of aromatic nitrogens is 4. The highest BCUT2D eigenvalue weighted by atomic mass is 35.5. The van der Waals surface area contributed by atoms with Crippen LogP contribution in [0.3, 0.4) is 0 Å². The van der Waals surface area contributed by atoms with E-state index in [-0.39, 0.29) is 12.5 Å². The minimum atomic E-state index is -0.113. The number of aryl methyl sites for hydroxylation is 2. The number of hydrogen-bond acceptors (Lipinski definition) is 3. The lowest BCUT2D eigenvalue weighted by molar-refractivity contribution is -0.122. The van der Waals surface area contributed by atoms with Crippen LogP contribution < -0.4 is 5.32 Å². The van der Waals surface area contributed by atoms with E-state index in [1.165, 1.54) is 10.9 Å². The van der Waals surface area contributed by atoms with Crippen LogP contribution in [0.5, 0.6) is 0 Å². The van der Waals surface area contributed by atoms with Gasteiger partial charge in [0.25, 0.3) is 0 Å². The highest BCUT2D eigenvalue weighted by Crippen LogP contribution is 2.05. The van der Waals surface area contributed by atoms with Crippen molar-refractivity contribution >= 4 is 17.5 Å². The van der Waals surface area contributed by atoms with Crippen LogP contribution in [0.1, 0.15) is 11.3 Å². The average molecular weight is 268 g/mol. The van der Waals surface area contributed by atoms with Crippen molar-refractivity contribution in [3.63, 3.8) is 0 Å². The van der Waals surface area contributed by atoms with Gasteiger partial charge in [0, 0.05) is 31.5 Å². The topological polar surface area (TPSA) is 64.7 Å². The van der Waals surface area contributed by atoms with Gasteiger partial charge in [-0.25, -0.2) is 0 Å². The van der Waals surface area contributed by atoms with Crippen LogP contribution in [0.2, 0.25) is 5.02 Å². The van der Waals surface area contributed by atoms with Gasteiger partial charge in [-0.05, 0) is 6.92 Å². The number of carbonyl (C=O) groups is 1. The molecule has 0 fully saturated rings. The van der Waals surface area contributed by atoms with Crippen molar-refractivity contribution in [2.75, 3.05) is 0 Å². The van der Waals surface area contributed by atoms with Crippen molar-refractivity contribution in [3.8, 4) is 0 Å². The molecule has 7 heteroatoms. The Hall–Kier alpha value is -1.82. The summed E-state index contributed by atoms with van der Waals surface area (Å²) < 4.78 is 3.22. The third kappa shape index (κ3) is 3.10. The largest absolute Gasteiger partial charge is 0.350 e. The van der Waals surface area contributed by atoms with Gasteiger partial charge in [0.15, 0.2) is 0 Å². The van der Waals surface area contributed by atoms with Gasteiger partial charge >= 0.3 is 0 Å². The van der Waals surface area contributed by atoms with E-state index >= 15 is 0 Å². The monoisotopic (exact) mass is 267 g/mol. The molecule has 0 saturated heterocycles. The molecule has 0 atom stereocenters. The lowest BCUT2D eigenvalue weighted by Gasteiger charge is -2.04. The van der Waals surface area contributed by atoms with E-state index in [1.807, 2.05) is 20.2 Å². The molecule has 2 heterocycles. The summed E-state index contributed by atoms with van der Waals surface area (Å²) in [5.74, 6) is -0.113. The fourth-order valence-electron chi connectivity index (χ4n) is 1.64. The Morgan fingerprint density at radius 1 is 1.50 bits per heavy atom. The highest BCUT2D eigenvalue weighted by molar-refractivity contribution is 6.30. The van der Waals surface area contributed by atoms with Gasteiger partial charge in [-0.1, -0.05) is 11.6 Å². The molecule has 0 saturated carbocycles. The van der Waals surface area contributed by atoms with Crippen LogP contribution in [0.4, 0.5) is 0 Å². The van der Waals surface area contributed by atoms with Gasteiger partial charge in [-0.15, -0.1) is 0 Å². The standard InChI is InChI=1S/C11H14ClN5O/c1-8-9(5-16(2)15-8)3-13-11(18)7-17-6-10(12)4-14-17/h4-6H,3,7H2,1-2H3,(H,13,18). The maximum Gasteiger partial charge on any atom is 0.242 e. The van der Waals surface area contributed by atoms with Gasteiger partial charge in [-0.2, -0.15) is 10.2 Å². The Balaban J connectivity index is 1.87. The molecular weight excluding hydrogens is 254 g/mol. The van der Waals surface area contributed by atoms with Crippen LogP contribution in [-0.2, 0) is 24.9 Å². The molecule has 0 radical (unpaired) electrons. The number of amides is 1. The zero-order chi connectivity index (χ0) is 13.1. The van der Waals surface area contributed by atoms with E-state index in [4.69, 9.17) is 11.6 Å². The van der Waals surface area contributed by atoms with E-state index in [0.29, 0.717) is 11.6 Å². The van der Waals surface area contributed by atoms with Gasteiger partial charge in [0.05, 0.1) is 16.9 Å². The second-order valence-electron chi connectivity index (χ2n) is 4.05. The Morgan fingerprint density at radius 2 is 2.28 bits per heavy atom. The van der Waals surface area contributed by atoms with Gasteiger partial charge in [-0.3, -0.25) is 14.2 Å². The molecule has 1 N–H and O–H groups in total. The molecule has 2 aromatic heterocycles. The first-order chi connectivity index (χ1) is 8.54. The van der Waals surface area contributed by atoms with Crippen molar-refractivity contribution < 1.29 is 4.79 Å². The van der Waals surface area contributed by atoms with E-state index in [1.54, 1.807) is 10.9 Å². The molecule has 96 valence electrons. The minimum Gasteiger partial charge on any atom is -0.350 e. The maximum absolute atomic E-state index is 11.7. The smallest absolute Gasteiger partial charge is 0.242 e. The first-order valence-electron chi connectivity index (χ1n) is 5.48. The van der Waals surface area contributed by atoms with Crippen molar-refractivity contribution in [1.82, 2.24) is 24.9 Å². The average Bonchev–Trinajstić information content (AvgIpc) is 2.82. The van der Waals surface area contributed by atoms with Crippen LogP contribution in [-0.4, -0.2) is 25.5 Å². The molecule has 0 aliphatic heterocycles. The first kappa shape index (κ1) is 12.6. The molecule has 0 bridgehead atoms. The summed E-state index contributed by atoms with van der Waals surface area (Å²) in [4.78, 5) is 11.7. The van der Waals surface area contributed by atoms with Gasteiger partial charge in [0.2, 0.25) is 5.91 Å². The second kappa shape index (κ2) is 5.22. The molecule has 18 heavy (non-hydrogen) atoms. The summed E-state index contributed by atoms with van der Waals surface area (Å²) in [5.41, 5.74) is 1.92. The Bertz CT molecular complexity index is 560. The number of rotatable bonds is 4. The van der Waals surface area contributed by atoms with Crippen molar-refractivity contribution in [1.29, 1.82) is 0 Å². The summed E-state index contributed by atoms with van der Waals surface area (Å²) in [6.45, 7) is 2.54. The van der Waals surface area contributed by atoms with Crippen LogP contribution in [0.25, 0.3) is 0 Å². The predicted molar refractivity (Wildman–Crippen MR) is 67.0 cm³/mol. The Morgan fingerprint density at radius 3 is 2.83 bits per heavy atom. The number of hydrogen-bond donors (Lipinski definition) is 1. The fourth-order valence-corrected chi connectivity index (χ4v) is 1.80. The summed E-state index contributed by atoms with van der Waals surface area (Å²) in [6.07, 6.45) is 5.00. The number of halogens is 1. The zero-order valence-corrected chi connectivity index (χ0v) is 11.0. The third-order valence-corrected chi connectivity index (χ3v) is 2.69. The minimum absolute atomic E-state index is 0.113. The molecule has 0 unspecified atom stereocenters. The summed E-state index contributed by atoms with van der Waals surface area (Å²) >= 11 is 5.71. The molecular formula is C11H14ClN5O. The number of carbonyl (C=O) groups excluding carboxylic acids is 1. The molecule has 0 aliphatic rings. The Kier molecular flexibility index (Phi) is 3.66. The SMILES string of the molecule is Cc1nn(C)cc1CNC(=O)Cn1cc(Cl)cn1. The lowest BCUT2D eigenvalue weighted by atomic mass is 10.2. The van der Waals surface area contributed by atoms with Gasteiger partial charge in [0.1, 0.15) is 6.54 Å². The molecule has 1 amide bonds. The third-order valence-electron chi connectivity index (χ3n) is 2.50. The fraction of sp³-hybridized carbons (Fsp3) is 0.364. The van der Waals surface area contributed by atoms with Crippen molar-refractivity contribution in [2.45, 2.75) is 20.0 Å². The van der Waals surface area contributed by atoms with E-state index in [0.717, 1.165) is 11.3 Å². The van der Waals surface area contributed by atoms with Crippen molar-refractivity contribution in [3.05, 3.63) is 34.9 Å². The first-order valence-corrected chi connectivity index (χ1v) is 5.86. The van der Waals surface area contributed by atoms with Crippen LogP contribution in [0, 0.1) is 6.92 Å². The quantitative estimate of drug-likeness (QED) is 0.895. The molecule has 2 aromatic rings. The van der Waals surface area contributed by atoms with Crippen LogP contribution in [0.15, 0.2) is 18.6 Å². The summed E-state index contributed by atoms with van der Waals surface area (Å²) in [6, 6.07) is 0. The van der Waals surface area contributed by atoms with E-state index in [9.17, 15) is 4.79 Å². The van der Waals surface area contributed by atoms with Gasteiger partial charge < -0.3 is 5.32 Å². The van der Waals surface area contributed by atoms with E-state index in [2.05, 4.69) is 15.5 Å². The molecule has 6 nitrogen and oxygen atoms in total. The van der Waals surface area contributed by atoms with E-state index < -0.39 is 0 Å². The van der Waals surface area contributed by atoms with Crippen LogP contribution >= 0.6 is 11.6 Å². The highest BCUT2D eigenvalue weighted by Gasteiger charge is 2.07. The zero-order valence-electron chi connectivity index (χ0n) is 10.2. The molecule has 0 aromatic carbocycles. The predicted octanol–water partition coefficient (Wildman–Crippen LogP) is 0.895. The Labute approximate surface area is 110 Å².